The molecule has 2 aromatic rings. The Morgan fingerprint density at radius 3 is 2.68 bits per heavy atom. The third-order valence-corrected chi connectivity index (χ3v) is 5.25. The number of hydrogen-bond donors (Lipinski definition) is 1. The predicted molar refractivity (Wildman–Crippen MR) is 91.8 cm³/mol. The molecule has 0 bridgehead atoms. The highest BCUT2D eigenvalue weighted by atomic mass is 32.1. The summed E-state index contributed by atoms with van der Waals surface area (Å²) < 4.78 is 13.1. The zero-order chi connectivity index (χ0) is 18.0. The van der Waals surface area contributed by atoms with Gasteiger partial charge in [0.2, 0.25) is 5.91 Å². The van der Waals surface area contributed by atoms with Gasteiger partial charge in [-0.15, -0.1) is 11.3 Å². The molecule has 3 rings (SSSR count). The van der Waals surface area contributed by atoms with Crippen molar-refractivity contribution < 1.29 is 19.1 Å². The Morgan fingerprint density at radius 2 is 2.04 bits per heavy atom. The van der Waals surface area contributed by atoms with Crippen LogP contribution in [-0.2, 0) is 4.79 Å². The van der Waals surface area contributed by atoms with Crippen LogP contribution in [0.5, 0.6) is 0 Å². The lowest BCUT2D eigenvalue weighted by Crippen LogP contribution is -2.52. The number of thiazole rings is 1. The highest BCUT2D eigenvalue weighted by molar-refractivity contribution is 7.17. The van der Waals surface area contributed by atoms with Gasteiger partial charge in [-0.1, -0.05) is 0 Å². The van der Waals surface area contributed by atoms with Gasteiger partial charge in [0, 0.05) is 25.2 Å². The van der Waals surface area contributed by atoms with Crippen LogP contribution in [0.25, 0.3) is 10.6 Å². The van der Waals surface area contributed by atoms with Gasteiger partial charge >= 0.3 is 0 Å². The number of hydrogen-bond acceptors (Lipinski definition) is 5. The van der Waals surface area contributed by atoms with Crippen molar-refractivity contribution in [2.75, 3.05) is 32.8 Å². The first-order chi connectivity index (χ1) is 12.0. The molecule has 2 amide bonds. The monoisotopic (exact) mass is 363 g/mol. The molecular weight excluding hydrogens is 345 g/mol. The Balaban J connectivity index is 1.77. The number of benzene rings is 1. The zero-order valence-electron chi connectivity index (χ0n) is 13.7. The van der Waals surface area contributed by atoms with E-state index in [-0.39, 0.29) is 37.3 Å². The summed E-state index contributed by atoms with van der Waals surface area (Å²) >= 11 is 1.24. The number of carbonyl (C=O) groups is 2. The minimum Gasteiger partial charge on any atom is -0.395 e. The van der Waals surface area contributed by atoms with Crippen molar-refractivity contribution in [3.8, 4) is 10.6 Å². The molecule has 1 N–H and O–H groups in total. The Morgan fingerprint density at radius 1 is 1.32 bits per heavy atom. The molecule has 0 unspecified atom stereocenters. The van der Waals surface area contributed by atoms with Gasteiger partial charge in [-0.05, 0) is 31.2 Å². The minimum absolute atomic E-state index is 0.00204. The third kappa shape index (κ3) is 3.69. The van der Waals surface area contributed by atoms with Crippen LogP contribution in [0.15, 0.2) is 24.3 Å². The van der Waals surface area contributed by atoms with Gasteiger partial charge in [-0.25, -0.2) is 9.37 Å². The Hall–Kier alpha value is -2.32. The Kier molecular flexibility index (Phi) is 5.10. The Labute approximate surface area is 148 Å². The van der Waals surface area contributed by atoms with E-state index in [4.69, 9.17) is 5.11 Å². The molecule has 2 heterocycles. The molecule has 1 aromatic heterocycles. The molecule has 6 nitrogen and oxygen atoms in total. The van der Waals surface area contributed by atoms with Gasteiger partial charge in [0.1, 0.15) is 22.2 Å². The van der Waals surface area contributed by atoms with Crippen molar-refractivity contribution in [2.45, 2.75) is 6.92 Å². The molecule has 0 aliphatic carbocycles. The molecular formula is C17H18FN3O3S. The summed E-state index contributed by atoms with van der Waals surface area (Å²) in [6, 6.07) is 5.96. The molecule has 1 fully saturated rings. The number of β-amino-alcohol motifs (C(OH)–C–C–N with tert-alkyl or cyclic N) is 1. The van der Waals surface area contributed by atoms with Gasteiger partial charge in [-0.3, -0.25) is 9.59 Å². The fraction of sp³-hybridized carbons (Fsp3) is 0.353. The summed E-state index contributed by atoms with van der Waals surface area (Å²) in [6.45, 7) is 2.79. The largest absolute Gasteiger partial charge is 0.395 e. The molecule has 0 saturated carbocycles. The van der Waals surface area contributed by atoms with Crippen molar-refractivity contribution >= 4 is 23.2 Å². The van der Waals surface area contributed by atoms with Gasteiger partial charge in [0.25, 0.3) is 5.91 Å². The first-order valence-electron chi connectivity index (χ1n) is 7.91. The molecule has 1 aromatic carbocycles. The fourth-order valence-electron chi connectivity index (χ4n) is 2.69. The van der Waals surface area contributed by atoms with Crippen molar-refractivity contribution in [1.29, 1.82) is 0 Å². The lowest BCUT2D eigenvalue weighted by Gasteiger charge is -2.33. The van der Waals surface area contributed by atoms with Crippen LogP contribution in [0.4, 0.5) is 4.39 Å². The maximum absolute atomic E-state index is 13.1. The first kappa shape index (κ1) is 17.5. The smallest absolute Gasteiger partial charge is 0.266 e. The number of amides is 2. The van der Waals surface area contributed by atoms with Crippen LogP contribution < -0.4 is 0 Å². The van der Waals surface area contributed by atoms with E-state index in [9.17, 15) is 14.0 Å². The lowest BCUT2D eigenvalue weighted by molar-refractivity contribution is -0.135. The molecule has 1 aliphatic heterocycles. The number of aryl methyl sites for hydroxylation is 1. The van der Waals surface area contributed by atoms with Crippen LogP contribution in [0.3, 0.4) is 0 Å². The fourth-order valence-corrected chi connectivity index (χ4v) is 3.73. The maximum atomic E-state index is 13.1. The van der Waals surface area contributed by atoms with E-state index >= 15 is 0 Å². The summed E-state index contributed by atoms with van der Waals surface area (Å²) in [5, 5.41) is 9.59. The number of carbonyl (C=O) groups excluding carboxylic acids is 2. The second-order valence-electron chi connectivity index (χ2n) is 5.77. The predicted octanol–water partition coefficient (Wildman–Crippen LogP) is 1.53. The van der Waals surface area contributed by atoms with Crippen molar-refractivity contribution in [3.63, 3.8) is 0 Å². The van der Waals surface area contributed by atoms with Gasteiger partial charge in [0.05, 0.1) is 12.3 Å². The van der Waals surface area contributed by atoms with Crippen LogP contribution >= 0.6 is 11.3 Å². The molecule has 8 heteroatoms. The molecule has 0 spiro atoms. The molecule has 0 radical (unpaired) electrons. The van der Waals surface area contributed by atoms with Gasteiger partial charge < -0.3 is 14.9 Å². The standard InChI is InChI=1S/C17H18FN3O3S/c1-11-15(25-16(19-11)12-2-4-13(18)5-3-12)17(24)21-7-6-20(8-9-22)14(23)10-21/h2-5,22H,6-10H2,1H3. The maximum Gasteiger partial charge on any atom is 0.266 e. The molecule has 0 atom stereocenters. The minimum atomic E-state index is -0.326. The number of halogens is 1. The van der Waals surface area contributed by atoms with E-state index in [1.165, 1.54) is 28.4 Å². The van der Waals surface area contributed by atoms with Crippen molar-refractivity contribution in [1.82, 2.24) is 14.8 Å². The van der Waals surface area contributed by atoms with Crippen molar-refractivity contribution in [3.05, 3.63) is 40.7 Å². The number of aromatic nitrogens is 1. The van der Waals surface area contributed by atoms with Gasteiger partial charge in [0.15, 0.2) is 0 Å². The van der Waals surface area contributed by atoms with E-state index in [0.717, 1.165) is 5.56 Å². The lowest BCUT2D eigenvalue weighted by atomic mass is 10.2. The highest BCUT2D eigenvalue weighted by Gasteiger charge is 2.29. The molecule has 1 saturated heterocycles. The quantitative estimate of drug-likeness (QED) is 0.894. The van der Waals surface area contributed by atoms with Crippen LogP contribution in [0.2, 0.25) is 0 Å². The van der Waals surface area contributed by atoms with E-state index in [2.05, 4.69) is 4.98 Å². The topological polar surface area (TPSA) is 73.7 Å². The summed E-state index contributed by atoms with van der Waals surface area (Å²) in [6.07, 6.45) is 0. The average Bonchev–Trinajstić information content (AvgIpc) is 2.98. The van der Waals surface area contributed by atoms with Crippen LogP contribution in [0, 0.1) is 12.7 Å². The van der Waals surface area contributed by atoms with Gasteiger partial charge in [-0.2, -0.15) is 0 Å². The number of aliphatic hydroxyl groups is 1. The van der Waals surface area contributed by atoms with E-state index < -0.39 is 0 Å². The summed E-state index contributed by atoms with van der Waals surface area (Å²) in [5.74, 6) is -0.720. The van der Waals surface area contributed by atoms with E-state index in [0.29, 0.717) is 28.7 Å². The van der Waals surface area contributed by atoms with Crippen molar-refractivity contribution in [2.24, 2.45) is 0 Å². The number of piperazine rings is 1. The number of aliphatic hydroxyl groups excluding tert-OH is 1. The zero-order valence-corrected chi connectivity index (χ0v) is 14.6. The van der Waals surface area contributed by atoms with E-state index in [1.807, 2.05) is 0 Å². The first-order valence-corrected chi connectivity index (χ1v) is 8.72. The summed E-state index contributed by atoms with van der Waals surface area (Å²) in [5.41, 5.74) is 1.34. The number of nitrogens with zero attached hydrogens (tertiary/aromatic N) is 3. The Bertz CT molecular complexity index is 791. The van der Waals surface area contributed by atoms with Crippen LogP contribution in [0.1, 0.15) is 15.4 Å². The van der Waals surface area contributed by atoms with Crippen LogP contribution in [-0.4, -0.2) is 64.5 Å². The second kappa shape index (κ2) is 7.28. The summed E-state index contributed by atoms with van der Waals surface area (Å²) in [4.78, 5) is 32.7. The molecule has 25 heavy (non-hydrogen) atoms. The second-order valence-corrected chi connectivity index (χ2v) is 6.77. The normalized spacial score (nSPS) is 14.9. The SMILES string of the molecule is Cc1nc(-c2ccc(F)cc2)sc1C(=O)N1CCN(CCO)C(=O)C1. The highest BCUT2D eigenvalue weighted by Crippen LogP contribution is 2.29. The average molecular weight is 363 g/mol. The molecule has 132 valence electrons. The summed E-state index contributed by atoms with van der Waals surface area (Å²) in [7, 11) is 0. The molecule has 1 aliphatic rings. The number of rotatable bonds is 4. The third-order valence-electron chi connectivity index (χ3n) is 4.06. The van der Waals surface area contributed by atoms with E-state index in [1.54, 1.807) is 24.0 Å².